The van der Waals surface area contributed by atoms with E-state index in [1.54, 1.807) is 18.3 Å². The fraction of sp³-hybridized carbons (Fsp3) is 0.400. The molecule has 0 saturated carbocycles. The van der Waals surface area contributed by atoms with E-state index in [4.69, 9.17) is 5.73 Å². The molecule has 0 aliphatic carbocycles. The van der Waals surface area contributed by atoms with Gasteiger partial charge < -0.3 is 16.2 Å². The van der Waals surface area contributed by atoms with Crippen molar-refractivity contribution in [1.29, 1.82) is 0 Å². The first-order valence-electron chi connectivity index (χ1n) is 6.75. The summed E-state index contributed by atoms with van der Waals surface area (Å²) in [4.78, 5) is 0. The number of phenolic OH excluding ortho intramolecular Hbond substituents is 1. The first-order valence-corrected chi connectivity index (χ1v) is 6.75. The van der Waals surface area contributed by atoms with Crippen molar-refractivity contribution in [2.75, 3.05) is 18.4 Å². The summed E-state index contributed by atoms with van der Waals surface area (Å²) in [7, 11) is 0. The monoisotopic (exact) mass is 274 g/mol. The Labute approximate surface area is 119 Å². The molecule has 1 aromatic heterocycles. The first-order chi connectivity index (χ1) is 9.43. The Morgan fingerprint density at radius 2 is 2.10 bits per heavy atom. The molecule has 2 aromatic rings. The van der Waals surface area contributed by atoms with Crippen molar-refractivity contribution < 1.29 is 5.11 Å². The van der Waals surface area contributed by atoms with Crippen LogP contribution < -0.4 is 11.1 Å². The van der Waals surface area contributed by atoms with Gasteiger partial charge in [-0.1, -0.05) is 26.8 Å². The van der Waals surface area contributed by atoms with Crippen LogP contribution in [-0.2, 0) is 5.41 Å². The van der Waals surface area contributed by atoms with Gasteiger partial charge in [-0.3, -0.25) is 0 Å². The van der Waals surface area contributed by atoms with Crippen molar-refractivity contribution in [3.8, 4) is 11.4 Å². The molecule has 0 saturated heterocycles. The normalized spacial score (nSPS) is 11.6. The average Bonchev–Trinajstić information content (AvgIpc) is 2.80. The predicted molar refractivity (Wildman–Crippen MR) is 81.5 cm³/mol. The second-order valence-corrected chi connectivity index (χ2v) is 5.80. The summed E-state index contributed by atoms with van der Waals surface area (Å²) >= 11 is 0. The Kier molecular flexibility index (Phi) is 3.99. The Bertz CT molecular complexity index is 584. The zero-order valence-electron chi connectivity index (χ0n) is 12.2. The fourth-order valence-corrected chi connectivity index (χ4v) is 2.23. The van der Waals surface area contributed by atoms with Gasteiger partial charge in [0.1, 0.15) is 5.75 Å². The highest BCUT2D eigenvalue weighted by Crippen LogP contribution is 2.32. The van der Waals surface area contributed by atoms with Gasteiger partial charge in [0.05, 0.1) is 23.3 Å². The van der Waals surface area contributed by atoms with Gasteiger partial charge in [-0.05, 0) is 12.1 Å². The molecule has 0 atom stereocenters. The summed E-state index contributed by atoms with van der Waals surface area (Å²) in [5.74, 6) is 0.231. The number of aromatic nitrogens is 2. The molecular formula is C15H22N4O. The Morgan fingerprint density at radius 3 is 2.70 bits per heavy atom. The van der Waals surface area contributed by atoms with E-state index in [0.29, 0.717) is 13.1 Å². The van der Waals surface area contributed by atoms with E-state index in [9.17, 15) is 5.11 Å². The number of nitrogens with two attached hydrogens (primary N) is 1. The van der Waals surface area contributed by atoms with E-state index < -0.39 is 0 Å². The smallest absolute Gasteiger partial charge is 0.117 e. The van der Waals surface area contributed by atoms with Crippen molar-refractivity contribution in [3.63, 3.8) is 0 Å². The maximum Gasteiger partial charge on any atom is 0.117 e. The lowest BCUT2D eigenvalue weighted by molar-refractivity contribution is 0.474. The Balaban J connectivity index is 2.51. The lowest BCUT2D eigenvalue weighted by Gasteiger charge is -2.23. The molecule has 0 aliphatic rings. The molecule has 0 fully saturated rings. The summed E-state index contributed by atoms with van der Waals surface area (Å²) in [6.07, 6.45) is 1.81. The molecule has 0 aliphatic heterocycles. The zero-order chi connectivity index (χ0) is 14.8. The molecular weight excluding hydrogens is 252 g/mol. The third-order valence-electron chi connectivity index (χ3n) is 3.01. The molecule has 108 valence electrons. The van der Waals surface area contributed by atoms with Crippen LogP contribution in [0.3, 0.4) is 0 Å². The van der Waals surface area contributed by atoms with E-state index in [1.807, 2.05) is 16.8 Å². The number of hydrogen-bond donors (Lipinski definition) is 3. The molecule has 20 heavy (non-hydrogen) atoms. The van der Waals surface area contributed by atoms with Crippen LogP contribution in [0.4, 0.5) is 5.69 Å². The van der Waals surface area contributed by atoms with Gasteiger partial charge in [-0.25, -0.2) is 4.68 Å². The van der Waals surface area contributed by atoms with Crippen LogP contribution >= 0.6 is 0 Å². The summed E-state index contributed by atoms with van der Waals surface area (Å²) in [5, 5.41) is 17.4. The van der Waals surface area contributed by atoms with E-state index >= 15 is 0 Å². The maximum atomic E-state index is 9.64. The molecule has 1 aromatic carbocycles. The SMILES string of the molecule is CC(C)(C)c1c(NCCN)cnn1-c1cccc(O)c1. The van der Waals surface area contributed by atoms with Gasteiger partial charge in [-0.2, -0.15) is 5.10 Å². The van der Waals surface area contributed by atoms with Crippen LogP contribution in [-0.4, -0.2) is 28.0 Å². The second-order valence-electron chi connectivity index (χ2n) is 5.80. The number of rotatable bonds is 4. The largest absolute Gasteiger partial charge is 0.508 e. The number of nitrogens with one attached hydrogen (secondary N) is 1. The number of aromatic hydroxyl groups is 1. The lowest BCUT2D eigenvalue weighted by Crippen LogP contribution is -2.21. The van der Waals surface area contributed by atoms with Crippen LogP contribution in [0, 0.1) is 0 Å². The lowest BCUT2D eigenvalue weighted by atomic mass is 9.91. The highest BCUT2D eigenvalue weighted by atomic mass is 16.3. The summed E-state index contributed by atoms with van der Waals surface area (Å²) in [5.41, 5.74) is 8.35. The molecule has 0 amide bonds. The van der Waals surface area contributed by atoms with Crippen molar-refractivity contribution in [1.82, 2.24) is 9.78 Å². The van der Waals surface area contributed by atoms with Crippen LogP contribution in [0.5, 0.6) is 5.75 Å². The highest BCUT2D eigenvalue weighted by molar-refractivity contribution is 5.53. The van der Waals surface area contributed by atoms with E-state index in [-0.39, 0.29) is 11.2 Å². The van der Waals surface area contributed by atoms with E-state index in [0.717, 1.165) is 17.1 Å². The highest BCUT2D eigenvalue weighted by Gasteiger charge is 2.24. The molecule has 0 radical (unpaired) electrons. The van der Waals surface area contributed by atoms with Gasteiger partial charge in [0.25, 0.3) is 0 Å². The van der Waals surface area contributed by atoms with Crippen molar-refractivity contribution in [2.24, 2.45) is 5.73 Å². The number of phenols is 1. The molecule has 4 N–H and O–H groups in total. The van der Waals surface area contributed by atoms with Crippen LogP contribution in [0.2, 0.25) is 0 Å². The van der Waals surface area contributed by atoms with E-state index in [2.05, 4.69) is 31.2 Å². The summed E-state index contributed by atoms with van der Waals surface area (Å²) in [6.45, 7) is 7.68. The molecule has 2 rings (SSSR count). The number of benzene rings is 1. The second kappa shape index (κ2) is 5.54. The number of hydrogen-bond acceptors (Lipinski definition) is 4. The fourth-order valence-electron chi connectivity index (χ4n) is 2.23. The predicted octanol–water partition coefficient (Wildman–Crippen LogP) is 2.25. The third-order valence-corrected chi connectivity index (χ3v) is 3.01. The van der Waals surface area contributed by atoms with Gasteiger partial charge in [0.15, 0.2) is 0 Å². The van der Waals surface area contributed by atoms with Crippen molar-refractivity contribution >= 4 is 5.69 Å². The molecule has 0 spiro atoms. The van der Waals surface area contributed by atoms with Gasteiger partial charge in [0, 0.05) is 24.6 Å². The maximum absolute atomic E-state index is 9.64. The molecule has 0 unspecified atom stereocenters. The minimum Gasteiger partial charge on any atom is -0.508 e. The van der Waals surface area contributed by atoms with Gasteiger partial charge >= 0.3 is 0 Å². The summed E-state index contributed by atoms with van der Waals surface area (Å²) in [6, 6.07) is 7.09. The van der Waals surface area contributed by atoms with E-state index in [1.165, 1.54) is 0 Å². The third kappa shape index (κ3) is 2.93. The van der Waals surface area contributed by atoms with Crippen LogP contribution in [0.1, 0.15) is 26.5 Å². The Hall–Kier alpha value is -2.01. The van der Waals surface area contributed by atoms with Crippen LogP contribution in [0.15, 0.2) is 30.5 Å². The minimum absolute atomic E-state index is 0.0844. The van der Waals surface area contributed by atoms with Crippen molar-refractivity contribution in [2.45, 2.75) is 26.2 Å². The standard InChI is InChI=1S/C15H22N4O/c1-15(2,3)14-13(17-8-7-16)10-18-19(14)11-5-4-6-12(20)9-11/h4-6,9-10,17,20H,7-8,16H2,1-3H3. The summed E-state index contributed by atoms with van der Waals surface area (Å²) < 4.78 is 1.86. The van der Waals surface area contributed by atoms with Gasteiger partial charge in [-0.15, -0.1) is 0 Å². The molecule has 5 nitrogen and oxygen atoms in total. The molecule has 1 heterocycles. The number of anilines is 1. The molecule has 5 heteroatoms. The van der Waals surface area contributed by atoms with Gasteiger partial charge in [0.2, 0.25) is 0 Å². The van der Waals surface area contributed by atoms with Crippen molar-refractivity contribution in [3.05, 3.63) is 36.2 Å². The first kappa shape index (κ1) is 14.4. The van der Waals surface area contributed by atoms with Crippen LogP contribution in [0.25, 0.3) is 5.69 Å². The molecule has 0 bridgehead atoms. The quantitative estimate of drug-likeness (QED) is 0.799. The minimum atomic E-state index is -0.0844. The topological polar surface area (TPSA) is 76.1 Å². The average molecular weight is 274 g/mol. The Morgan fingerprint density at radius 1 is 1.35 bits per heavy atom. The number of nitrogens with zero attached hydrogens (tertiary/aromatic N) is 2. The zero-order valence-corrected chi connectivity index (χ0v) is 12.2.